The van der Waals surface area contributed by atoms with Gasteiger partial charge in [-0.05, 0) is 32.0 Å². The van der Waals surface area contributed by atoms with Crippen molar-refractivity contribution in [3.8, 4) is 11.5 Å². The Morgan fingerprint density at radius 1 is 1.30 bits per heavy atom. The highest BCUT2D eigenvalue weighted by Gasteiger charge is 2.23. The van der Waals surface area contributed by atoms with Crippen LogP contribution in [-0.4, -0.2) is 55.2 Å². The lowest BCUT2D eigenvalue weighted by atomic mass is 10.2. The molecule has 7 nitrogen and oxygen atoms in total. The quantitative estimate of drug-likeness (QED) is 0.720. The van der Waals surface area contributed by atoms with Crippen molar-refractivity contribution in [3.63, 3.8) is 0 Å². The summed E-state index contributed by atoms with van der Waals surface area (Å²) >= 11 is 0. The topological polar surface area (TPSA) is 88.1 Å². The molecule has 128 valence electrons. The molecule has 2 N–H and O–H groups in total. The first-order valence-corrected chi connectivity index (χ1v) is 7.41. The van der Waals surface area contributed by atoms with Gasteiger partial charge >= 0.3 is 5.97 Å². The third-order valence-corrected chi connectivity index (χ3v) is 3.44. The second-order valence-corrected chi connectivity index (χ2v) is 5.10. The van der Waals surface area contributed by atoms with E-state index in [2.05, 4.69) is 5.32 Å². The number of methoxy groups -OCH3 is 2. The van der Waals surface area contributed by atoms with Crippen LogP contribution >= 0.6 is 0 Å². The summed E-state index contributed by atoms with van der Waals surface area (Å²) in [6, 6.07) is 4.49. The van der Waals surface area contributed by atoms with E-state index in [1.165, 1.54) is 7.11 Å². The van der Waals surface area contributed by atoms with Crippen molar-refractivity contribution in [1.29, 1.82) is 0 Å². The zero-order chi connectivity index (χ0) is 17.4. The number of ether oxygens (including phenoxy) is 2. The van der Waals surface area contributed by atoms with Crippen LogP contribution in [0, 0.1) is 0 Å². The summed E-state index contributed by atoms with van der Waals surface area (Å²) in [6.45, 7) is 3.97. The Kier molecular flexibility index (Phi) is 7.34. The number of hydrogen-bond donors (Lipinski definition) is 2. The van der Waals surface area contributed by atoms with Crippen LogP contribution < -0.4 is 14.8 Å². The van der Waals surface area contributed by atoms with E-state index >= 15 is 0 Å². The highest BCUT2D eigenvalue weighted by atomic mass is 16.5. The molecule has 1 aromatic carbocycles. The van der Waals surface area contributed by atoms with Crippen molar-refractivity contribution in [2.45, 2.75) is 26.3 Å². The van der Waals surface area contributed by atoms with Crippen LogP contribution in [0.15, 0.2) is 18.2 Å². The second-order valence-electron chi connectivity index (χ2n) is 5.10. The van der Waals surface area contributed by atoms with Gasteiger partial charge < -0.3 is 19.9 Å². The molecular formula is C16H24N2O5. The Morgan fingerprint density at radius 2 is 2.00 bits per heavy atom. The average Bonchev–Trinajstić information content (AvgIpc) is 2.53. The lowest BCUT2D eigenvalue weighted by molar-refractivity contribution is -0.139. The fraction of sp³-hybridized carbons (Fsp3) is 0.500. The van der Waals surface area contributed by atoms with Crippen molar-refractivity contribution >= 4 is 17.6 Å². The van der Waals surface area contributed by atoms with Gasteiger partial charge in [-0.1, -0.05) is 6.92 Å². The Labute approximate surface area is 136 Å². The number of carbonyl (C=O) groups is 2. The third kappa shape index (κ3) is 5.45. The lowest BCUT2D eigenvalue weighted by Gasteiger charge is -2.26. The van der Waals surface area contributed by atoms with Crippen molar-refractivity contribution in [2.24, 2.45) is 0 Å². The normalized spacial score (nSPS) is 11.9. The van der Waals surface area contributed by atoms with Gasteiger partial charge in [0, 0.05) is 6.07 Å². The van der Waals surface area contributed by atoms with E-state index in [-0.39, 0.29) is 12.5 Å². The zero-order valence-corrected chi connectivity index (χ0v) is 14.0. The highest BCUT2D eigenvalue weighted by molar-refractivity contribution is 5.96. The summed E-state index contributed by atoms with van der Waals surface area (Å²) in [4.78, 5) is 25.0. The van der Waals surface area contributed by atoms with E-state index in [4.69, 9.17) is 14.6 Å². The highest BCUT2D eigenvalue weighted by Crippen LogP contribution is 2.29. The standard InChI is InChI=1S/C16H24N2O5/c1-5-8-18(10-15(19)20)11(2)16(21)17-13-7-6-12(22-3)9-14(13)23-4/h6-7,9,11H,5,8,10H2,1-4H3,(H,17,21)(H,19,20). The molecule has 0 saturated heterocycles. The average molecular weight is 324 g/mol. The van der Waals surface area contributed by atoms with Crippen LogP contribution in [0.1, 0.15) is 20.3 Å². The monoisotopic (exact) mass is 324 g/mol. The molecule has 0 aliphatic rings. The largest absolute Gasteiger partial charge is 0.497 e. The fourth-order valence-corrected chi connectivity index (χ4v) is 2.18. The predicted octanol–water partition coefficient (Wildman–Crippen LogP) is 1.83. The molecule has 1 atom stereocenters. The van der Waals surface area contributed by atoms with Crippen LogP contribution in [0.3, 0.4) is 0 Å². The first-order chi connectivity index (χ1) is 10.9. The number of nitrogens with zero attached hydrogens (tertiary/aromatic N) is 1. The zero-order valence-electron chi connectivity index (χ0n) is 14.0. The third-order valence-electron chi connectivity index (χ3n) is 3.44. The van der Waals surface area contributed by atoms with E-state index in [0.717, 1.165) is 6.42 Å². The van der Waals surface area contributed by atoms with Crippen molar-refractivity contribution in [2.75, 3.05) is 32.6 Å². The summed E-state index contributed by atoms with van der Waals surface area (Å²) in [7, 11) is 3.05. The van der Waals surface area contributed by atoms with Crippen LogP contribution in [0.25, 0.3) is 0 Å². The maximum atomic E-state index is 12.4. The number of carboxylic acid groups (broad SMARTS) is 1. The van der Waals surface area contributed by atoms with E-state index in [0.29, 0.717) is 23.7 Å². The van der Waals surface area contributed by atoms with Crippen molar-refractivity contribution < 1.29 is 24.2 Å². The molecule has 0 radical (unpaired) electrons. The van der Waals surface area contributed by atoms with Crippen molar-refractivity contribution in [3.05, 3.63) is 18.2 Å². The maximum Gasteiger partial charge on any atom is 0.317 e. The number of carboxylic acids is 1. The number of carbonyl (C=O) groups excluding carboxylic acids is 1. The Morgan fingerprint density at radius 3 is 2.52 bits per heavy atom. The van der Waals surface area contributed by atoms with Gasteiger partial charge in [0.15, 0.2) is 0 Å². The molecule has 23 heavy (non-hydrogen) atoms. The molecule has 0 aliphatic carbocycles. The summed E-state index contributed by atoms with van der Waals surface area (Å²) in [6.07, 6.45) is 0.761. The Balaban J connectivity index is 2.86. The molecule has 0 heterocycles. The first-order valence-electron chi connectivity index (χ1n) is 7.41. The van der Waals surface area contributed by atoms with Gasteiger partial charge in [-0.15, -0.1) is 0 Å². The van der Waals surface area contributed by atoms with Gasteiger partial charge in [-0.3, -0.25) is 14.5 Å². The first kappa shape index (κ1) is 18.8. The number of benzene rings is 1. The summed E-state index contributed by atoms with van der Waals surface area (Å²) < 4.78 is 10.4. The number of anilines is 1. The summed E-state index contributed by atoms with van der Waals surface area (Å²) in [5.41, 5.74) is 0.511. The van der Waals surface area contributed by atoms with Gasteiger partial charge in [0.05, 0.1) is 32.5 Å². The molecule has 0 fully saturated rings. The molecule has 0 saturated carbocycles. The van der Waals surface area contributed by atoms with Gasteiger partial charge in [-0.25, -0.2) is 0 Å². The van der Waals surface area contributed by atoms with E-state index in [1.807, 2.05) is 6.92 Å². The maximum absolute atomic E-state index is 12.4. The number of rotatable bonds is 9. The molecule has 1 aromatic rings. The summed E-state index contributed by atoms with van der Waals surface area (Å²) in [5, 5.41) is 11.7. The van der Waals surface area contributed by atoms with Gasteiger partial charge in [0.25, 0.3) is 0 Å². The minimum absolute atomic E-state index is 0.178. The second kappa shape index (κ2) is 8.99. The fourth-order valence-electron chi connectivity index (χ4n) is 2.18. The van der Waals surface area contributed by atoms with E-state index in [1.54, 1.807) is 37.1 Å². The molecule has 0 spiro atoms. The van der Waals surface area contributed by atoms with E-state index < -0.39 is 12.0 Å². The molecule has 0 bridgehead atoms. The number of amides is 1. The van der Waals surface area contributed by atoms with Gasteiger partial charge in [0.2, 0.25) is 5.91 Å². The molecule has 0 aromatic heterocycles. The molecule has 7 heteroatoms. The van der Waals surface area contributed by atoms with E-state index in [9.17, 15) is 9.59 Å². The Bertz CT molecular complexity index is 547. The summed E-state index contributed by atoms with van der Waals surface area (Å²) in [5.74, 6) is -0.153. The van der Waals surface area contributed by atoms with Crippen LogP contribution in [-0.2, 0) is 9.59 Å². The number of aliphatic carboxylic acids is 1. The molecule has 1 unspecified atom stereocenters. The molecular weight excluding hydrogens is 300 g/mol. The Hall–Kier alpha value is -2.28. The van der Waals surface area contributed by atoms with Crippen LogP contribution in [0.4, 0.5) is 5.69 Å². The van der Waals surface area contributed by atoms with Gasteiger partial charge in [0.1, 0.15) is 11.5 Å². The van der Waals surface area contributed by atoms with Crippen LogP contribution in [0.2, 0.25) is 0 Å². The van der Waals surface area contributed by atoms with Gasteiger partial charge in [-0.2, -0.15) is 0 Å². The minimum atomic E-state index is -0.958. The minimum Gasteiger partial charge on any atom is -0.497 e. The van der Waals surface area contributed by atoms with Crippen molar-refractivity contribution in [1.82, 2.24) is 4.90 Å². The number of nitrogens with one attached hydrogen (secondary N) is 1. The number of hydrogen-bond acceptors (Lipinski definition) is 5. The molecule has 0 aliphatic heterocycles. The SMILES string of the molecule is CCCN(CC(=O)O)C(C)C(=O)Nc1ccc(OC)cc1OC. The van der Waals surface area contributed by atoms with Crippen LogP contribution in [0.5, 0.6) is 11.5 Å². The molecule has 1 rings (SSSR count). The predicted molar refractivity (Wildman–Crippen MR) is 87.1 cm³/mol. The molecule has 1 amide bonds. The smallest absolute Gasteiger partial charge is 0.317 e. The lowest BCUT2D eigenvalue weighted by Crippen LogP contribution is -2.45.